The molecule has 2 nitrogen and oxygen atoms in total. The molecule has 1 aliphatic carbocycles. The first-order valence-corrected chi connectivity index (χ1v) is 5.81. The molecule has 1 heterocycles. The van der Waals surface area contributed by atoms with Gasteiger partial charge >= 0.3 is 0 Å². The van der Waals surface area contributed by atoms with Crippen LogP contribution in [0.15, 0.2) is 11.6 Å². The van der Waals surface area contributed by atoms with Crippen molar-refractivity contribution in [3.05, 3.63) is 11.6 Å². The standard InChI is InChI=1S/C12H20O2/c1-2-11-10(7-8-14-11)12(13)9-5-3-4-6-9/h5,10-13H,2-4,6-8H2,1H3. The van der Waals surface area contributed by atoms with Gasteiger partial charge < -0.3 is 9.84 Å². The highest BCUT2D eigenvalue weighted by Gasteiger charge is 2.34. The SMILES string of the molecule is CCC1OCCC1C(O)C1=CCCC1. The Morgan fingerprint density at radius 2 is 2.50 bits per heavy atom. The number of hydrogen-bond donors (Lipinski definition) is 1. The maximum atomic E-state index is 10.2. The molecular formula is C12H20O2. The molecule has 2 rings (SSSR count). The monoisotopic (exact) mass is 196 g/mol. The number of rotatable bonds is 3. The summed E-state index contributed by atoms with van der Waals surface area (Å²) < 4.78 is 5.61. The van der Waals surface area contributed by atoms with Crippen LogP contribution in [0.25, 0.3) is 0 Å². The van der Waals surface area contributed by atoms with E-state index in [9.17, 15) is 5.11 Å². The van der Waals surface area contributed by atoms with Crippen LogP contribution in [0.2, 0.25) is 0 Å². The zero-order valence-corrected chi connectivity index (χ0v) is 8.91. The van der Waals surface area contributed by atoms with E-state index in [-0.39, 0.29) is 12.2 Å². The van der Waals surface area contributed by atoms with Crippen molar-refractivity contribution in [1.82, 2.24) is 0 Å². The first kappa shape index (κ1) is 10.2. The van der Waals surface area contributed by atoms with Gasteiger partial charge in [-0.3, -0.25) is 0 Å². The van der Waals surface area contributed by atoms with Crippen molar-refractivity contribution in [2.24, 2.45) is 5.92 Å². The minimum atomic E-state index is -0.232. The summed E-state index contributed by atoms with van der Waals surface area (Å²) in [6.45, 7) is 2.96. The third kappa shape index (κ3) is 1.86. The van der Waals surface area contributed by atoms with Gasteiger partial charge in [0.05, 0.1) is 12.2 Å². The number of ether oxygens (including phenoxy) is 1. The lowest BCUT2D eigenvalue weighted by Gasteiger charge is -2.23. The minimum Gasteiger partial charge on any atom is -0.388 e. The van der Waals surface area contributed by atoms with Crippen LogP contribution in [0.4, 0.5) is 0 Å². The Bertz CT molecular complexity index is 222. The second-order valence-electron chi connectivity index (χ2n) is 4.39. The van der Waals surface area contributed by atoms with Gasteiger partial charge in [-0.25, -0.2) is 0 Å². The van der Waals surface area contributed by atoms with Crippen molar-refractivity contribution in [2.45, 2.75) is 51.2 Å². The fraction of sp³-hybridized carbons (Fsp3) is 0.833. The molecule has 1 saturated heterocycles. The summed E-state index contributed by atoms with van der Waals surface area (Å²) in [6, 6.07) is 0. The minimum absolute atomic E-state index is 0.232. The van der Waals surface area contributed by atoms with Crippen LogP contribution in [0.1, 0.15) is 39.0 Å². The molecule has 1 N–H and O–H groups in total. The zero-order chi connectivity index (χ0) is 9.97. The summed E-state index contributed by atoms with van der Waals surface area (Å²) in [5.41, 5.74) is 1.26. The number of hydrogen-bond acceptors (Lipinski definition) is 2. The first-order valence-electron chi connectivity index (χ1n) is 5.81. The Kier molecular flexibility index (Phi) is 3.24. The summed E-state index contributed by atoms with van der Waals surface area (Å²) in [5, 5.41) is 10.2. The molecule has 0 aromatic rings. The zero-order valence-electron chi connectivity index (χ0n) is 8.91. The summed E-state index contributed by atoms with van der Waals surface area (Å²) in [4.78, 5) is 0. The van der Waals surface area contributed by atoms with Crippen LogP contribution in [-0.4, -0.2) is 23.9 Å². The average molecular weight is 196 g/mol. The van der Waals surface area contributed by atoms with Crippen molar-refractivity contribution in [1.29, 1.82) is 0 Å². The van der Waals surface area contributed by atoms with Gasteiger partial charge in [0, 0.05) is 12.5 Å². The van der Waals surface area contributed by atoms with E-state index in [1.54, 1.807) is 0 Å². The Hall–Kier alpha value is -0.340. The van der Waals surface area contributed by atoms with E-state index in [2.05, 4.69) is 13.0 Å². The average Bonchev–Trinajstić information content (AvgIpc) is 2.87. The van der Waals surface area contributed by atoms with Crippen LogP contribution in [0.5, 0.6) is 0 Å². The molecule has 0 aromatic carbocycles. The maximum absolute atomic E-state index is 10.2. The Morgan fingerprint density at radius 1 is 1.64 bits per heavy atom. The molecule has 2 heteroatoms. The van der Waals surface area contributed by atoms with Crippen LogP contribution in [0, 0.1) is 5.92 Å². The lowest BCUT2D eigenvalue weighted by molar-refractivity contribution is 0.0448. The van der Waals surface area contributed by atoms with Gasteiger partial charge in [-0.15, -0.1) is 0 Å². The maximum Gasteiger partial charge on any atom is 0.0803 e. The van der Waals surface area contributed by atoms with Gasteiger partial charge in [0.1, 0.15) is 0 Å². The van der Waals surface area contributed by atoms with Crippen molar-refractivity contribution in [2.75, 3.05) is 6.61 Å². The Morgan fingerprint density at radius 3 is 3.14 bits per heavy atom. The molecule has 0 aromatic heterocycles. The molecule has 0 spiro atoms. The van der Waals surface area contributed by atoms with Crippen molar-refractivity contribution in [3.63, 3.8) is 0 Å². The van der Waals surface area contributed by atoms with Crippen LogP contribution >= 0.6 is 0 Å². The summed E-state index contributed by atoms with van der Waals surface area (Å²) in [5.74, 6) is 0.351. The van der Waals surface area contributed by atoms with Crippen molar-refractivity contribution in [3.8, 4) is 0 Å². The predicted octanol–water partition coefficient (Wildman–Crippen LogP) is 2.27. The van der Waals surface area contributed by atoms with Crippen LogP contribution in [-0.2, 0) is 4.74 Å². The second kappa shape index (κ2) is 4.45. The van der Waals surface area contributed by atoms with E-state index in [0.717, 1.165) is 32.3 Å². The highest BCUT2D eigenvalue weighted by atomic mass is 16.5. The molecular weight excluding hydrogens is 176 g/mol. The van der Waals surface area contributed by atoms with E-state index < -0.39 is 0 Å². The first-order chi connectivity index (χ1) is 6.83. The summed E-state index contributed by atoms with van der Waals surface area (Å²) in [6.07, 6.45) is 7.78. The van der Waals surface area contributed by atoms with E-state index >= 15 is 0 Å². The second-order valence-corrected chi connectivity index (χ2v) is 4.39. The van der Waals surface area contributed by atoms with Crippen LogP contribution < -0.4 is 0 Å². The molecule has 14 heavy (non-hydrogen) atoms. The van der Waals surface area contributed by atoms with E-state index in [0.29, 0.717) is 5.92 Å². The molecule has 0 amide bonds. The topological polar surface area (TPSA) is 29.5 Å². The summed E-state index contributed by atoms with van der Waals surface area (Å²) in [7, 11) is 0. The highest BCUT2D eigenvalue weighted by Crippen LogP contribution is 2.33. The number of aliphatic hydroxyl groups excluding tert-OH is 1. The van der Waals surface area contributed by atoms with E-state index in [4.69, 9.17) is 4.74 Å². The van der Waals surface area contributed by atoms with Gasteiger partial charge in [0.15, 0.2) is 0 Å². The fourth-order valence-corrected chi connectivity index (χ4v) is 2.69. The quantitative estimate of drug-likeness (QED) is 0.702. The third-order valence-electron chi connectivity index (χ3n) is 3.52. The summed E-state index contributed by atoms with van der Waals surface area (Å²) >= 11 is 0. The Labute approximate surface area is 86.0 Å². The molecule has 3 unspecified atom stereocenters. The molecule has 0 bridgehead atoms. The lowest BCUT2D eigenvalue weighted by atomic mass is 9.88. The van der Waals surface area contributed by atoms with Crippen molar-refractivity contribution >= 4 is 0 Å². The van der Waals surface area contributed by atoms with Crippen LogP contribution in [0.3, 0.4) is 0 Å². The predicted molar refractivity (Wildman–Crippen MR) is 56.1 cm³/mol. The molecule has 0 radical (unpaired) electrons. The number of aliphatic hydroxyl groups is 1. The largest absolute Gasteiger partial charge is 0.388 e. The van der Waals surface area contributed by atoms with Gasteiger partial charge in [0.2, 0.25) is 0 Å². The third-order valence-corrected chi connectivity index (χ3v) is 3.52. The smallest absolute Gasteiger partial charge is 0.0803 e. The molecule has 3 atom stereocenters. The normalized spacial score (nSPS) is 34.6. The van der Waals surface area contributed by atoms with Crippen molar-refractivity contribution < 1.29 is 9.84 Å². The molecule has 80 valence electrons. The van der Waals surface area contributed by atoms with Gasteiger partial charge in [-0.1, -0.05) is 13.0 Å². The number of allylic oxidation sites excluding steroid dienone is 1. The van der Waals surface area contributed by atoms with Gasteiger partial charge in [0.25, 0.3) is 0 Å². The molecule has 1 aliphatic heterocycles. The van der Waals surface area contributed by atoms with E-state index in [1.165, 1.54) is 12.0 Å². The van der Waals surface area contributed by atoms with Gasteiger partial charge in [-0.2, -0.15) is 0 Å². The van der Waals surface area contributed by atoms with Gasteiger partial charge in [-0.05, 0) is 37.7 Å². The molecule has 0 saturated carbocycles. The van der Waals surface area contributed by atoms with E-state index in [1.807, 2.05) is 0 Å². The molecule has 1 fully saturated rings. The fourth-order valence-electron chi connectivity index (χ4n) is 2.69. The molecule has 2 aliphatic rings. The Balaban J connectivity index is 1.99. The highest BCUT2D eigenvalue weighted by molar-refractivity contribution is 5.15. The lowest BCUT2D eigenvalue weighted by Crippen LogP contribution is -2.29.